The van der Waals surface area contributed by atoms with Gasteiger partial charge in [0.05, 0.1) is 12.2 Å². The van der Waals surface area contributed by atoms with Crippen molar-refractivity contribution < 1.29 is 22.7 Å². The molecule has 0 atom stereocenters. The summed E-state index contributed by atoms with van der Waals surface area (Å²) in [5.74, 6) is 0.473. The van der Waals surface area contributed by atoms with Gasteiger partial charge >= 0.3 is 12.3 Å². The molecule has 5 nitrogen and oxygen atoms in total. The van der Waals surface area contributed by atoms with Crippen molar-refractivity contribution in [1.82, 2.24) is 9.88 Å². The first-order valence-corrected chi connectivity index (χ1v) is 9.92. The highest BCUT2D eigenvalue weighted by molar-refractivity contribution is 5.68. The summed E-state index contributed by atoms with van der Waals surface area (Å²) in [6.45, 7) is 8.34. The van der Waals surface area contributed by atoms with Crippen molar-refractivity contribution in [3.05, 3.63) is 58.3 Å². The molecule has 1 aliphatic heterocycles. The summed E-state index contributed by atoms with van der Waals surface area (Å²) in [5.41, 5.74) is 4.03. The molecular weight excluding hydrogens is 395 g/mol. The fourth-order valence-corrected chi connectivity index (χ4v) is 3.79. The largest absolute Gasteiger partial charge is 0.449 e. The maximum absolute atomic E-state index is 12.7. The van der Waals surface area contributed by atoms with Gasteiger partial charge in [0, 0.05) is 38.8 Å². The van der Waals surface area contributed by atoms with Crippen LogP contribution in [-0.4, -0.2) is 48.8 Å². The Labute approximate surface area is 174 Å². The van der Waals surface area contributed by atoms with Gasteiger partial charge in [-0.2, -0.15) is 13.2 Å². The summed E-state index contributed by atoms with van der Waals surface area (Å²) in [5, 5.41) is 0. The molecule has 1 saturated heterocycles. The third-order valence-corrected chi connectivity index (χ3v) is 5.36. The topological polar surface area (TPSA) is 45.7 Å². The van der Waals surface area contributed by atoms with E-state index in [2.05, 4.69) is 37.9 Å². The molecular formula is C22H26F3N3O2. The van der Waals surface area contributed by atoms with Gasteiger partial charge in [0.2, 0.25) is 0 Å². The number of hydrogen-bond acceptors (Lipinski definition) is 4. The number of piperazine rings is 1. The van der Waals surface area contributed by atoms with Crippen molar-refractivity contribution in [2.24, 2.45) is 0 Å². The number of benzene rings is 1. The van der Waals surface area contributed by atoms with Gasteiger partial charge in [-0.05, 0) is 49.6 Å². The number of alkyl halides is 3. The number of pyridine rings is 1. The van der Waals surface area contributed by atoms with E-state index in [9.17, 15) is 18.0 Å². The lowest BCUT2D eigenvalue weighted by molar-refractivity contribution is -0.137. The summed E-state index contributed by atoms with van der Waals surface area (Å²) in [7, 11) is 0. The molecule has 0 saturated carbocycles. The highest BCUT2D eigenvalue weighted by Gasteiger charge is 2.31. The molecule has 0 bridgehead atoms. The van der Waals surface area contributed by atoms with E-state index < -0.39 is 11.7 Å². The zero-order chi connectivity index (χ0) is 21.9. The maximum Gasteiger partial charge on any atom is 0.417 e. The zero-order valence-electron chi connectivity index (χ0n) is 17.4. The quantitative estimate of drug-likeness (QED) is 0.728. The molecule has 8 heteroatoms. The molecule has 30 heavy (non-hydrogen) atoms. The fraction of sp³-hybridized carbons (Fsp3) is 0.455. The fourth-order valence-electron chi connectivity index (χ4n) is 3.79. The van der Waals surface area contributed by atoms with Gasteiger partial charge in [-0.15, -0.1) is 0 Å². The van der Waals surface area contributed by atoms with E-state index in [-0.39, 0.29) is 6.09 Å². The Morgan fingerprint density at radius 3 is 2.23 bits per heavy atom. The number of halogens is 3. The lowest BCUT2D eigenvalue weighted by Crippen LogP contribution is -2.49. The minimum absolute atomic E-state index is 0.310. The van der Waals surface area contributed by atoms with Gasteiger partial charge < -0.3 is 14.5 Å². The summed E-state index contributed by atoms with van der Waals surface area (Å²) < 4.78 is 43.4. The number of rotatable bonds is 4. The predicted molar refractivity (Wildman–Crippen MR) is 109 cm³/mol. The Hall–Kier alpha value is -2.77. The molecule has 2 heterocycles. The minimum atomic E-state index is -4.40. The second kappa shape index (κ2) is 8.93. The van der Waals surface area contributed by atoms with Crippen LogP contribution in [-0.2, 0) is 17.3 Å². The van der Waals surface area contributed by atoms with Crippen molar-refractivity contribution in [3.63, 3.8) is 0 Å². The number of ether oxygens (including phenoxy) is 1. The molecule has 162 valence electrons. The highest BCUT2D eigenvalue weighted by atomic mass is 19.4. The summed E-state index contributed by atoms with van der Waals surface area (Å²) in [4.78, 5) is 19.8. The minimum Gasteiger partial charge on any atom is -0.449 e. The van der Waals surface area contributed by atoms with Gasteiger partial charge in [-0.3, -0.25) is 0 Å². The van der Waals surface area contributed by atoms with Crippen LogP contribution in [0.3, 0.4) is 0 Å². The molecule has 0 N–H and O–H groups in total. The molecule has 3 rings (SSSR count). The second-order valence-electron chi connectivity index (χ2n) is 7.62. The van der Waals surface area contributed by atoms with Crippen LogP contribution in [0.4, 0.5) is 23.8 Å². The average Bonchev–Trinajstić information content (AvgIpc) is 2.69. The van der Waals surface area contributed by atoms with Gasteiger partial charge in [-0.25, -0.2) is 9.78 Å². The van der Waals surface area contributed by atoms with E-state index in [1.165, 1.54) is 28.3 Å². The van der Waals surface area contributed by atoms with Crippen LogP contribution >= 0.6 is 0 Å². The highest BCUT2D eigenvalue weighted by Crippen LogP contribution is 2.29. The number of hydrogen-bond donors (Lipinski definition) is 0. The summed E-state index contributed by atoms with van der Waals surface area (Å²) in [6, 6.07) is 6.64. The van der Waals surface area contributed by atoms with E-state index in [1.54, 1.807) is 4.90 Å². The van der Waals surface area contributed by atoms with Crippen molar-refractivity contribution in [2.75, 3.05) is 37.7 Å². The maximum atomic E-state index is 12.7. The van der Waals surface area contributed by atoms with Gasteiger partial charge in [0.25, 0.3) is 0 Å². The van der Waals surface area contributed by atoms with Crippen molar-refractivity contribution in [2.45, 2.75) is 33.4 Å². The van der Waals surface area contributed by atoms with Gasteiger partial charge in [-0.1, -0.05) is 17.7 Å². The van der Waals surface area contributed by atoms with Crippen LogP contribution in [0.1, 0.15) is 27.8 Å². The number of aromatic nitrogens is 1. The van der Waals surface area contributed by atoms with E-state index in [0.717, 1.165) is 12.3 Å². The second-order valence-corrected chi connectivity index (χ2v) is 7.62. The first kappa shape index (κ1) is 21.9. The van der Waals surface area contributed by atoms with E-state index in [4.69, 9.17) is 4.74 Å². The molecule has 2 aromatic rings. The van der Waals surface area contributed by atoms with Crippen LogP contribution in [0.25, 0.3) is 0 Å². The molecule has 1 amide bonds. The molecule has 0 aliphatic carbocycles. The summed E-state index contributed by atoms with van der Waals surface area (Å²) in [6.07, 6.45) is -3.26. The van der Waals surface area contributed by atoms with E-state index >= 15 is 0 Å². The Morgan fingerprint density at radius 2 is 1.70 bits per heavy atom. The molecule has 1 fully saturated rings. The molecule has 1 aliphatic rings. The summed E-state index contributed by atoms with van der Waals surface area (Å²) >= 11 is 0. The molecule has 1 aromatic heterocycles. The van der Waals surface area contributed by atoms with Gasteiger partial charge in [0.15, 0.2) is 0 Å². The Bertz CT molecular complexity index is 866. The van der Waals surface area contributed by atoms with Crippen molar-refractivity contribution >= 4 is 11.9 Å². The monoisotopic (exact) mass is 421 g/mol. The third kappa shape index (κ3) is 5.23. The first-order valence-electron chi connectivity index (χ1n) is 9.92. The molecule has 0 unspecified atom stereocenters. The smallest absolute Gasteiger partial charge is 0.417 e. The number of carbonyl (C=O) groups excluding carboxylic acids is 1. The normalized spacial score (nSPS) is 14.7. The van der Waals surface area contributed by atoms with Crippen LogP contribution in [0.15, 0.2) is 30.5 Å². The standard InChI is InChI=1S/C22H26F3N3O2/c1-15-12-16(2)19(17(3)13-15)6-11-30-21(29)28-9-7-27(8-10-28)20-5-4-18(14-26-20)22(23,24)25/h4-5,12-14H,6-11H2,1-3H3. The molecule has 0 spiro atoms. The average molecular weight is 421 g/mol. The van der Waals surface area contributed by atoms with Gasteiger partial charge in [0.1, 0.15) is 5.82 Å². The number of amides is 1. The number of carbonyl (C=O) groups is 1. The van der Waals surface area contributed by atoms with E-state index in [1.807, 2.05) is 4.90 Å². The van der Waals surface area contributed by atoms with Crippen LogP contribution in [0, 0.1) is 20.8 Å². The lowest BCUT2D eigenvalue weighted by Gasteiger charge is -2.34. The van der Waals surface area contributed by atoms with Crippen LogP contribution < -0.4 is 4.90 Å². The van der Waals surface area contributed by atoms with Crippen molar-refractivity contribution in [3.8, 4) is 0 Å². The Balaban J connectivity index is 1.47. The number of aryl methyl sites for hydroxylation is 3. The predicted octanol–water partition coefficient (Wildman–Crippen LogP) is 4.53. The van der Waals surface area contributed by atoms with Crippen LogP contribution in [0.5, 0.6) is 0 Å². The van der Waals surface area contributed by atoms with Crippen LogP contribution in [0.2, 0.25) is 0 Å². The lowest BCUT2D eigenvalue weighted by atomic mass is 9.98. The molecule has 0 radical (unpaired) electrons. The first-order chi connectivity index (χ1) is 14.1. The van der Waals surface area contributed by atoms with E-state index in [0.29, 0.717) is 45.0 Å². The molecule has 1 aromatic carbocycles. The van der Waals surface area contributed by atoms with Crippen molar-refractivity contribution in [1.29, 1.82) is 0 Å². The SMILES string of the molecule is Cc1cc(C)c(CCOC(=O)N2CCN(c3ccc(C(F)(F)F)cn3)CC2)c(C)c1. The Kier molecular flexibility index (Phi) is 6.53. The third-order valence-electron chi connectivity index (χ3n) is 5.36. The zero-order valence-corrected chi connectivity index (χ0v) is 17.4. The Morgan fingerprint density at radius 1 is 1.07 bits per heavy atom. The number of nitrogens with zero attached hydrogens (tertiary/aromatic N) is 3. The number of anilines is 1.